The summed E-state index contributed by atoms with van der Waals surface area (Å²) in [6.07, 6.45) is 8.67. The average molecular weight is 250 g/mol. The molecule has 2 heterocycles. The SMILES string of the molecule is O=C(CC1CCNCC1)N1CC2CCCC(C2)C1. The number of fused-ring (bicyclic) bond motifs is 2. The Hall–Kier alpha value is -0.570. The number of hydrogen-bond acceptors (Lipinski definition) is 2. The second kappa shape index (κ2) is 5.60. The zero-order valence-corrected chi connectivity index (χ0v) is 11.4. The van der Waals surface area contributed by atoms with E-state index in [1.165, 1.54) is 38.5 Å². The van der Waals surface area contributed by atoms with E-state index in [2.05, 4.69) is 10.2 Å². The monoisotopic (exact) mass is 250 g/mol. The normalized spacial score (nSPS) is 33.4. The van der Waals surface area contributed by atoms with Crippen molar-refractivity contribution in [1.29, 1.82) is 0 Å². The van der Waals surface area contributed by atoms with E-state index in [9.17, 15) is 4.79 Å². The molecule has 2 unspecified atom stereocenters. The van der Waals surface area contributed by atoms with E-state index in [1.54, 1.807) is 0 Å². The third kappa shape index (κ3) is 2.87. The molecule has 1 aliphatic carbocycles. The highest BCUT2D eigenvalue weighted by Crippen LogP contribution is 2.34. The molecule has 2 atom stereocenters. The number of nitrogens with one attached hydrogen (secondary N) is 1. The number of carbonyl (C=O) groups excluding carboxylic acids is 1. The molecule has 0 aromatic heterocycles. The van der Waals surface area contributed by atoms with Gasteiger partial charge in [-0.15, -0.1) is 0 Å². The lowest BCUT2D eigenvalue weighted by atomic mass is 9.77. The van der Waals surface area contributed by atoms with Gasteiger partial charge in [0.1, 0.15) is 0 Å². The van der Waals surface area contributed by atoms with Crippen molar-refractivity contribution in [2.24, 2.45) is 17.8 Å². The van der Waals surface area contributed by atoms with Gasteiger partial charge in [-0.05, 0) is 62.9 Å². The number of carbonyl (C=O) groups is 1. The first-order valence-corrected chi connectivity index (χ1v) is 7.80. The van der Waals surface area contributed by atoms with Crippen LogP contribution >= 0.6 is 0 Å². The molecule has 2 saturated heterocycles. The quantitative estimate of drug-likeness (QED) is 0.813. The van der Waals surface area contributed by atoms with Gasteiger partial charge in [0.2, 0.25) is 5.91 Å². The van der Waals surface area contributed by atoms with Gasteiger partial charge in [-0.3, -0.25) is 4.79 Å². The Bertz CT molecular complexity index is 287. The molecule has 102 valence electrons. The maximum Gasteiger partial charge on any atom is 0.222 e. The summed E-state index contributed by atoms with van der Waals surface area (Å²) in [5.74, 6) is 2.71. The molecule has 0 aromatic carbocycles. The second-order valence-corrected chi connectivity index (χ2v) is 6.59. The van der Waals surface area contributed by atoms with Gasteiger partial charge in [-0.2, -0.15) is 0 Å². The fraction of sp³-hybridized carbons (Fsp3) is 0.933. The number of piperidine rings is 2. The predicted molar refractivity (Wildman–Crippen MR) is 72.2 cm³/mol. The zero-order valence-electron chi connectivity index (χ0n) is 11.4. The molecular formula is C15H26N2O. The van der Waals surface area contributed by atoms with E-state index in [1.807, 2.05) is 0 Å². The van der Waals surface area contributed by atoms with Crippen molar-refractivity contribution < 1.29 is 4.79 Å². The largest absolute Gasteiger partial charge is 0.342 e. The Kier molecular flexibility index (Phi) is 3.88. The maximum absolute atomic E-state index is 12.4. The van der Waals surface area contributed by atoms with Crippen LogP contribution in [0.3, 0.4) is 0 Å². The van der Waals surface area contributed by atoms with Gasteiger partial charge in [0.15, 0.2) is 0 Å². The van der Waals surface area contributed by atoms with Crippen LogP contribution in [0.2, 0.25) is 0 Å². The van der Waals surface area contributed by atoms with Gasteiger partial charge in [0, 0.05) is 19.5 Å². The highest BCUT2D eigenvalue weighted by molar-refractivity contribution is 5.76. The molecule has 3 rings (SSSR count). The van der Waals surface area contributed by atoms with Crippen molar-refractivity contribution in [3.05, 3.63) is 0 Å². The van der Waals surface area contributed by atoms with Crippen LogP contribution in [0.15, 0.2) is 0 Å². The summed E-state index contributed by atoms with van der Waals surface area (Å²) in [6.45, 7) is 4.31. The highest BCUT2D eigenvalue weighted by atomic mass is 16.2. The lowest BCUT2D eigenvalue weighted by Crippen LogP contribution is -2.46. The summed E-state index contributed by atoms with van der Waals surface area (Å²) in [6, 6.07) is 0. The Balaban J connectivity index is 1.52. The van der Waals surface area contributed by atoms with Crippen LogP contribution in [0, 0.1) is 17.8 Å². The molecule has 3 aliphatic rings. The minimum absolute atomic E-state index is 0.443. The average Bonchev–Trinajstić information content (AvgIpc) is 2.39. The van der Waals surface area contributed by atoms with Gasteiger partial charge < -0.3 is 10.2 Å². The predicted octanol–water partition coefficient (Wildman–Crippen LogP) is 2.02. The summed E-state index contributed by atoms with van der Waals surface area (Å²) in [5, 5.41) is 3.37. The van der Waals surface area contributed by atoms with Gasteiger partial charge in [-0.1, -0.05) is 6.42 Å². The van der Waals surface area contributed by atoms with Crippen molar-refractivity contribution in [1.82, 2.24) is 10.2 Å². The first kappa shape index (κ1) is 12.5. The van der Waals surface area contributed by atoms with Crippen LogP contribution in [0.1, 0.15) is 44.9 Å². The number of rotatable bonds is 2. The third-order valence-corrected chi connectivity index (χ3v) is 5.12. The summed E-state index contributed by atoms with van der Waals surface area (Å²) < 4.78 is 0. The molecule has 1 amide bonds. The highest BCUT2D eigenvalue weighted by Gasteiger charge is 2.33. The molecule has 1 N–H and O–H groups in total. The van der Waals surface area contributed by atoms with Crippen LogP contribution in [-0.2, 0) is 4.79 Å². The molecule has 2 aliphatic heterocycles. The number of likely N-dealkylation sites (tertiary alicyclic amines) is 1. The lowest BCUT2D eigenvalue weighted by molar-refractivity contribution is -0.136. The van der Waals surface area contributed by atoms with Crippen molar-refractivity contribution in [3.8, 4) is 0 Å². The van der Waals surface area contributed by atoms with Crippen LogP contribution in [0.5, 0.6) is 0 Å². The fourth-order valence-electron chi connectivity index (χ4n) is 4.10. The van der Waals surface area contributed by atoms with E-state index >= 15 is 0 Å². The maximum atomic E-state index is 12.4. The molecule has 0 radical (unpaired) electrons. The zero-order chi connectivity index (χ0) is 12.4. The van der Waals surface area contributed by atoms with Crippen molar-refractivity contribution in [2.45, 2.75) is 44.9 Å². The summed E-state index contributed by atoms with van der Waals surface area (Å²) in [7, 11) is 0. The second-order valence-electron chi connectivity index (χ2n) is 6.59. The van der Waals surface area contributed by atoms with Crippen molar-refractivity contribution in [3.63, 3.8) is 0 Å². The minimum atomic E-state index is 0.443. The van der Waals surface area contributed by atoms with Crippen molar-refractivity contribution >= 4 is 5.91 Å². The standard InChI is InChI=1S/C15H26N2O/c18-15(9-12-4-6-16-7-5-12)17-10-13-2-1-3-14(8-13)11-17/h12-14,16H,1-11H2. The van der Waals surface area contributed by atoms with E-state index in [0.717, 1.165) is 44.4 Å². The van der Waals surface area contributed by atoms with E-state index in [-0.39, 0.29) is 0 Å². The van der Waals surface area contributed by atoms with Gasteiger partial charge >= 0.3 is 0 Å². The number of nitrogens with zero attached hydrogens (tertiary/aromatic N) is 1. The molecule has 3 nitrogen and oxygen atoms in total. The molecule has 0 aromatic rings. The molecule has 18 heavy (non-hydrogen) atoms. The smallest absolute Gasteiger partial charge is 0.222 e. The third-order valence-electron chi connectivity index (χ3n) is 5.12. The summed E-state index contributed by atoms with van der Waals surface area (Å²) >= 11 is 0. The Morgan fingerprint density at radius 3 is 2.39 bits per heavy atom. The molecule has 3 heteroatoms. The first-order valence-electron chi connectivity index (χ1n) is 7.80. The lowest BCUT2D eigenvalue weighted by Gasteiger charge is -2.42. The van der Waals surface area contributed by atoms with Crippen LogP contribution in [0.4, 0.5) is 0 Å². The van der Waals surface area contributed by atoms with Crippen LogP contribution in [-0.4, -0.2) is 37.0 Å². The molecule has 3 fully saturated rings. The van der Waals surface area contributed by atoms with E-state index < -0.39 is 0 Å². The van der Waals surface area contributed by atoms with Crippen molar-refractivity contribution in [2.75, 3.05) is 26.2 Å². The number of hydrogen-bond donors (Lipinski definition) is 1. The van der Waals surface area contributed by atoms with Gasteiger partial charge in [0.25, 0.3) is 0 Å². The van der Waals surface area contributed by atoms with Crippen LogP contribution < -0.4 is 5.32 Å². The molecule has 2 bridgehead atoms. The number of amides is 1. The van der Waals surface area contributed by atoms with E-state index in [4.69, 9.17) is 0 Å². The first-order chi connectivity index (χ1) is 8.81. The molecule has 0 spiro atoms. The van der Waals surface area contributed by atoms with E-state index in [0.29, 0.717) is 11.8 Å². The Morgan fingerprint density at radius 2 is 1.72 bits per heavy atom. The van der Waals surface area contributed by atoms with Gasteiger partial charge in [-0.25, -0.2) is 0 Å². The molecule has 1 saturated carbocycles. The summed E-state index contributed by atoms with van der Waals surface area (Å²) in [4.78, 5) is 14.6. The van der Waals surface area contributed by atoms with Gasteiger partial charge in [0.05, 0.1) is 0 Å². The minimum Gasteiger partial charge on any atom is -0.342 e. The topological polar surface area (TPSA) is 32.3 Å². The molecular weight excluding hydrogens is 224 g/mol. The Morgan fingerprint density at radius 1 is 1.06 bits per heavy atom. The fourth-order valence-corrected chi connectivity index (χ4v) is 4.10. The Labute approximate surface area is 110 Å². The summed E-state index contributed by atoms with van der Waals surface area (Å²) in [5.41, 5.74) is 0. The van der Waals surface area contributed by atoms with Crippen LogP contribution in [0.25, 0.3) is 0 Å².